The van der Waals surface area contributed by atoms with Gasteiger partial charge < -0.3 is 0 Å². The van der Waals surface area contributed by atoms with Crippen molar-refractivity contribution in [2.45, 2.75) is 13.3 Å². The Morgan fingerprint density at radius 2 is 1.11 bits per heavy atom. The lowest BCUT2D eigenvalue weighted by Gasteiger charge is -2.22. The van der Waals surface area contributed by atoms with E-state index in [1.54, 1.807) is 0 Å². The third-order valence-electron chi connectivity index (χ3n) is 12.2. The Morgan fingerprint density at radius 3 is 1.84 bits per heavy atom. The third-order valence-corrected chi connectivity index (χ3v) is 12.2. The molecule has 0 radical (unpaired) electrons. The fourth-order valence-electron chi connectivity index (χ4n) is 9.44. The van der Waals surface area contributed by atoms with E-state index in [9.17, 15) is 0 Å². The van der Waals surface area contributed by atoms with Gasteiger partial charge in [0.2, 0.25) is 0 Å². The molecule has 5 heteroatoms. The van der Waals surface area contributed by atoms with E-state index in [2.05, 4.69) is 204 Å². The van der Waals surface area contributed by atoms with E-state index in [0.29, 0.717) is 5.82 Å². The van der Waals surface area contributed by atoms with E-state index < -0.39 is 0 Å². The van der Waals surface area contributed by atoms with Crippen LogP contribution in [0.4, 0.5) is 0 Å². The Bertz CT molecular complexity index is 3480. The average molecular weight is 782 g/mol. The summed E-state index contributed by atoms with van der Waals surface area (Å²) in [7, 11) is 0. The van der Waals surface area contributed by atoms with Crippen molar-refractivity contribution in [2.24, 2.45) is 5.92 Å². The molecule has 0 aliphatic heterocycles. The topological polar surface area (TPSA) is 48.0 Å². The van der Waals surface area contributed by atoms with Crippen molar-refractivity contribution in [3.05, 3.63) is 206 Å². The van der Waals surface area contributed by atoms with E-state index in [1.807, 2.05) is 12.1 Å². The van der Waals surface area contributed by atoms with Crippen LogP contribution in [0.25, 0.3) is 105 Å². The molecule has 0 saturated carbocycles. The fourth-order valence-corrected chi connectivity index (χ4v) is 9.44. The van der Waals surface area contributed by atoms with Gasteiger partial charge in [-0.15, -0.1) is 0 Å². The normalized spacial score (nSPS) is 14.3. The number of hydrogen-bond acceptors (Lipinski definition) is 3. The first kappa shape index (κ1) is 35.1. The monoisotopic (exact) mass is 781 g/mol. The van der Waals surface area contributed by atoms with Crippen molar-refractivity contribution in [1.29, 1.82) is 0 Å². The second-order valence-electron chi connectivity index (χ2n) is 16.1. The molecule has 5 nitrogen and oxygen atoms in total. The minimum absolute atomic E-state index is 0.218. The van der Waals surface area contributed by atoms with Gasteiger partial charge in [-0.2, -0.15) is 0 Å². The van der Waals surface area contributed by atoms with Gasteiger partial charge in [0.25, 0.3) is 0 Å². The van der Waals surface area contributed by atoms with E-state index in [0.717, 1.165) is 73.5 Å². The van der Waals surface area contributed by atoms with Crippen LogP contribution in [0.2, 0.25) is 0 Å². The van der Waals surface area contributed by atoms with Gasteiger partial charge in [0, 0.05) is 33.2 Å². The van der Waals surface area contributed by atoms with E-state index >= 15 is 0 Å². The Balaban J connectivity index is 1.16. The maximum absolute atomic E-state index is 5.29. The molecule has 0 bridgehead atoms. The molecule has 1 unspecified atom stereocenters. The van der Waals surface area contributed by atoms with Crippen molar-refractivity contribution in [3.8, 4) is 44.8 Å². The number of fused-ring (bicyclic) bond motifs is 9. The molecule has 11 aromatic rings. The summed E-state index contributed by atoms with van der Waals surface area (Å²) in [6.45, 7) is 2.30. The highest BCUT2D eigenvalue weighted by Gasteiger charge is 2.26. The number of pyridine rings is 1. The first-order valence-corrected chi connectivity index (χ1v) is 21.0. The average Bonchev–Trinajstić information content (AvgIpc) is 3.88. The van der Waals surface area contributed by atoms with Crippen molar-refractivity contribution in [1.82, 2.24) is 23.9 Å². The largest absolute Gasteiger partial charge is 0.299 e. The second kappa shape index (κ2) is 14.1. The molecule has 4 heterocycles. The molecule has 0 fully saturated rings. The summed E-state index contributed by atoms with van der Waals surface area (Å²) in [5, 5.41) is 4.86. The zero-order valence-electron chi connectivity index (χ0n) is 33.6. The predicted octanol–water partition coefficient (Wildman–Crippen LogP) is 14.2. The van der Waals surface area contributed by atoms with Gasteiger partial charge >= 0.3 is 0 Å². The molecule has 1 atom stereocenters. The van der Waals surface area contributed by atoms with E-state index in [-0.39, 0.29) is 5.92 Å². The Kier molecular flexibility index (Phi) is 8.13. The Hall–Kier alpha value is -7.89. The van der Waals surface area contributed by atoms with Crippen LogP contribution >= 0.6 is 0 Å². The van der Waals surface area contributed by atoms with Gasteiger partial charge in [0.05, 0.1) is 27.9 Å². The molecule has 0 spiro atoms. The molecular weight excluding hydrogens is 743 g/mol. The smallest absolute Gasteiger partial charge is 0.160 e. The van der Waals surface area contributed by atoms with Crippen LogP contribution in [-0.4, -0.2) is 23.9 Å². The summed E-state index contributed by atoms with van der Waals surface area (Å²) >= 11 is 0. The molecule has 1 aliphatic rings. The Labute approximate surface area is 353 Å². The number of nitrogens with zero attached hydrogens (tertiary/aromatic N) is 5. The molecule has 7 aromatic carbocycles. The van der Waals surface area contributed by atoms with Crippen LogP contribution in [-0.2, 0) is 0 Å². The van der Waals surface area contributed by atoms with Crippen LogP contribution in [0, 0.1) is 5.92 Å². The van der Waals surface area contributed by atoms with Crippen LogP contribution < -0.4 is 0 Å². The SMILES string of the molecule is CC1C=C(c2nc(-c3ccccc3)cc(-c3ccccc3)n2)C=C(n2c3ccc4ccccc4c3c3c(-c4ccc(-c5ccccc5)cc4)cc4nc5ccccc5n4c32)C1. The van der Waals surface area contributed by atoms with Crippen molar-refractivity contribution in [2.75, 3.05) is 0 Å². The fraction of sp³-hybridized carbons (Fsp3) is 0.0536. The van der Waals surface area contributed by atoms with Crippen LogP contribution in [0.15, 0.2) is 200 Å². The number of imidazole rings is 1. The van der Waals surface area contributed by atoms with Crippen LogP contribution in [0.3, 0.4) is 0 Å². The lowest BCUT2D eigenvalue weighted by atomic mass is 9.94. The summed E-state index contributed by atoms with van der Waals surface area (Å²) in [6.07, 6.45) is 5.51. The Morgan fingerprint density at radius 1 is 0.508 bits per heavy atom. The number of benzene rings is 7. The number of aromatic nitrogens is 5. The van der Waals surface area contributed by atoms with Gasteiger partial charge in [-0.1, -0.05) is 171 Å². The highest BCUT2D eigenvalue weighted by atomic mass is 15.1. The molecule has 0 N–H and O–H groups in total. The highest BCUT2D eigenvalue weighted by Crippen LogP contribution is 2.45. The van der Waals surface area contributed by atoms with Gasteiger partial charge in [-0.25, -0.2) is 15.0 Å². The molecule has 0 saturated heterocycles. The van der Waals surface area contributed by atoms with Crippen molar-refractivity contribution in [3.63, 3.8) is 0 Å². The molecule has 12 rings (SSSR count). The minimum atomic E-state index is 0.218. The number of allylic oxidation sites excluding steroid dienone is 4. The van der Waals surface area contributed by atoms with Gasteiger partial charge in [-0.3, -0.25) is 8.97 Å². The zero-order valence-corrected chi connectivity index (χ0v) is 33.6. The second-order valence-corrected chi connectivity index (χ2v) is 16.1. The van der Waals surface area contributed by atoms with Crippen LogP contribution in [0.5, 0.6) is 0 Å². The molecule has 4 aromatic heterocycles. The molecule has 61 heavy (non-hydrogen) atoms. The quantitative estimate of drug-likeness (QED) is 0.169. The first-order valence-electron chi connectivity index (χ1n) is 21.0. The van der Waals surface area contributed by atoms with Gasteiger partial charge in [0.1, 0.15) is 11.3 Å². The summed E-state index contributed by atoms with van der Waals surface area (Å²) in [5.74, 6) is 0.934. The number of hydrogen-bond donors (Lipinski definition) is 0. The number of rotatable bonds is 6. The summed E-state index contributed by atoms with van der Waals surface area (Å²) in [4.78, 5) is 15.9. The van der Waals surface area contributed by atoms with Crippen molar-refractivity contribution >= 4 is 60.7 Å². The van der Waals surface area contributed by atoms with Gasteiger partial charge in [-0.05, 0) is 81.8 Å². The minimum Gasteiger partial charge on any atom is -0.299 e. The van der Waals surface area contributed by atoms with E-state index in [4.69, 9.17) is 15.0 Å². The molecule has 0 amide bonds. The molecule has 1 aliphatic carbocycles. The van der Waals surface area contributed by atoms with Crippen molar-refractivity contribution < 1.29 is 0 Å². The summed E-state index contributed by atoms with van der Waals surface area (Å²) < 4.78 is 4.90. The maximum Gasteiger partial charge on any atom is 0.160 e. The standard InChI is InChI=1S/C56H39N5/c1-36-31-43(55-58-48(41-18-7-3-8-19-41)35-49(59-55)42-20-9-4-10-21-42)33-44(32-36)60-51-30-29-39-17-11-12-22-45(39)53(51)54-46(40-27-25-38(26-28-40)37-15-5-2-6-16-37)34-52-57-47-23-13-14-24-50(47)61(52)56(54)60/h2-31,33-36H,32H2,1H3. The highest BCUT2D eigenvalue weighted by molar-refractivity contribution is 6.25. The lowest BCUT2D eigenvalue weighted by Crippen LogP contribution is -2.10. The predicted molar refractivity (Wildman–Crippen MR) is 253 cm³/mol. The lowest BCUT2D eigenvalue weighted by molar-refractivity contribution is 0.730. The molecular formula is C56H39N5. The number of para-hydroxylation sites is 2. The summed E-state index contributed by atoms with van der Waals surface area (Å²) in [5.41, 5.74) is 16.0. The van der Waals surface area contributed by atoms with Crippen LogP contribution in [0.1, 0.15) is 19.2 Å². The van der Waals surface area contributed by atoms with Gasteiger partial charge in [0.15, 0.2) is 5.82 Å². The maximum atomic E-state index is 5.29. The summed E-state index contributed by atoms with van der Waals surface area (Å²) in [6, 6.07) is 66.8. The zero-order chi connectivity index (χ0) is 40.4. The third kappa shape index (κ3) is 5.89. The first-order chi connectivity index (χ1) is 30.1. The van der Waals surface area contributed by atoms with E-state index in [1.165, 1.54) is 38.4 Å². The molecule has 288 valence electrons.